The summed E-state index contributed by atoms with van der Waals surface area (Å²) in [5.41, 5.74) is 4.74. The molecule has 2 aromatic heterocycles. The van der Waals surface area contributed by atoms with Gasteiger partial charge in [-0.25, -0.2) is 0 Å². The molecule has 0 unspecified atom stereocenters. The number of carbonyl (C=O) groups excluding carboxylic acids is 1. The molecule has 0 aliphatic carbocycles. The summed E-state index contributed by atoms with van der Waals surface area (Å²) in [6.45, 7) is 4.65. The van der Waals surface area contributed by atoms with Crippen LogP contribution in [0.15, 0.2) is 24.4 Å². The van der Waals surface area contributed by atoms with Gasteiger partial charge >= 0.3 is 0 Å². The van der Waals surface area contributed by atoms with Gasteiger partial charge < -0.3 is 10.7 Å². The average Bonchev–Trinajstić information content (AvgIpc) is 2.75. The van der Waals surface area contributed by atoms with Crippen LogP contribution in [0, 0.1) is 13.8 Å². The van der Waals surface area contributed by atoms with Gasteiger partial charge in [-0.2, -0.15) is 0 Å². The Labute approximate surface area is 115 Å². The maximum atomic E-state index is 11.9. The van der Waals surface area contributed by atoms with Crippen molar-refractivity contribution in [3.8, 4) is 0 Å². The van der Waals surface area contributed by atoms with Crippen molar-refractivity contribution in [1.29, 1.82) is 0 Å². The second-order valence-corrected chi connectivity index (χ2v) is 5.55. The Hall–Kier alpha value is -1.92. The van der Waals surface area contributed by atoms with Crippen LogP contribution in [0.1, 0.15) is 25.8 Å². The minimum atomic E-state index is -0.208. The van der Waals surface area contributed by atoms with Crippen LogP contribution in [0.5, 0.6) is 0 Å². The number of nitrogens with two attached hydrogens (primary N) is 1. The Bertz CT molecular complexity index is 575. The van der Waals surface area contributed by atoms with Gasteiger partial charge in [0.1, 0.15) is 5.69 Å². The number of amides is 1. The summed E-state index contributed by atoms with van der Waals surface area (Å²) >= 11 is 1.69. The molecule has 0 radical (unpaired) electrons. The Balaban J connectivity index is 2.00. The molecule has 0 aliphatic heterocycles. The van der Waals surface area contributed by atoms with Gasteiger partial charge in [0, 0.05) is 16.0 Å². The van der Waals surface area contributed by atoms with E-state index < -0.39 is 0 Å². The molecule has 0 fully saturated rings. The molecule has 19 heavy (non-hydrogen) atoms. The summed E-state index contributed by atoms with van der Waals surface area (Å²) < 4.78 is 0. The summed E-state index contributed by atoms with van der Waals surface area (Å²) in [6.07, 6.45) is 1.55. The van der Waals surface area contributed by atoms with Gasteiger partial charge in [0.05, 0.1) is 12.2 Å². The first-order chi connectivity index (χ1) is 9.10. The van der Waals surface area contributed by atoms with Gasteiger partial charge in [-0.15, -0.1) is 11.3 Å². The molecule has 2 aromatic rings. The van der Waals surface area contributed by atoms with Crippen LogP contribution in [0.3, 0.4) is 0 Å². The predicted octanol–water partition coefficient (Wildman–Crippen LogP) is 1.98. The fourth-order valence-electron chi connectivity index (χ4n) is 1.64. The zero-order chi connectivity index (χ0) is 13.8. The second-order valence-electron chi connectivity index (χ2n) is 4.21. The topological polar surface area (TPSA) is 80.0 Å². The number of thiophene rings is 1. The van der Waals surface area contributed by atoms with E-state index >= 15 is 0 Å². The highest BCUT2D eigenvalue weighted by Gasteiger charge is 2.08. The number of aromatic nitrogens is 1. The maximum absolute atomic E-state index is 11.9. The normalized spacial score (nSPS) is 10.3. The van der Waals surface area contributed by atoms with Crippen molar-refractivity contribution in [3.05, 3.63) is 45.4 Å². The lowest BCUT2D eigenvalue weighted by Crippen LogP contribution is -2.23. The van der Waals surface area contributed by atoms with Crippen molar-refractivity contribution in [2.75, 3.05) is 5.43 Å². The fraction of sp³-hybridized carbons (Fsp3) is 0.231. The van der Waals surface area contributed by atoms with E-state index in [1.807, 2.05) is 0 Å². The summed E-state index contributed by atoms with van der Waals surface area (Å²) in [6, 6.07) is 5.40. The molecule has 2 rings (SSSR count). The van der Waals surface area contributed by atoms with E-state index in [9.17, 15) is 4.79 Å². The number of carbonyl (C=O) groups is 1. The molecule has 0 bridgehead atoms. The molecule has 0 aromatic carbocycles. The average molecular weight is 276 g/mol. The smallest absolute Gasteiger partial charge is 0.270 e. The van der Waals surface area contributed by atoms with Gasteiger partial charge in [0.2, 0.25) is 0 Å². The fourth-order valence-corrected chi connectivity index (χ4v) is 2.63. The first kappa shape index (κ1) is 13.5. The Kier molecular flexibility index (Phi) is 4.13. The van der Waals surface area contributed by atoms with Gasteiger partial charge in [-0.05, 0) is 37.6 Å². The number of nitrogens with zero attached hydrogens (tertiary/aromatic N) is 1. The van der Waals surface area contributed by atoms with E-state index in [0.717, 1.165) is 4.88 Å². The minimum Gasteiger partial charge on any atom is -0.346 e. The molecular weight excluding hydrogens is 260 g/mol. The third-order valence-electron chi connectivity index (χ3n) is 2.80. The summed E-state index contributed by atoms with van der Waals surface area (Å²) in [5, 5.41) is 2.85. The number of rotatable bonds is 4. The zero-order valence-corrected chi connectivity index (χ0v) is 11.7. The summed E-state index contributed by atoms with van der Waals surface area (Å²) in [4.78, 5) is 18.4. The van der Waals surface area contributed by atoms with Crippen LogP contribution in [-0.4, -0.2) is 10.9 Å². The molecule has 100 valence electrons. The van der Waals surface area contributed by atoms with Crippen molar-refractivity contribution >= 4 is 22.9 Å². The quantitative estimate of drug-likeness (QED) is 0.589. The van der Waals surface area contributed by atoms with Crippen molar-refractivity contribution in [1.82, 2.24) is 10.3 Å². The molecule has 4 N–H and O–H groups in total. The monoisotopic (exact) mass is 276 g/mol. The van der Waals surface area contributed by atoms with Crippen molar-refractivity contribution in [2.24, 2.45) is 5.84 Å². The van der Waals surface area contributed by atoms with Crippen LogP contribution >= 0.6 is 11.3 Å². The van der Waals surface area contributed by atoms with E-state index in [1.54, 1.807) is 29.7 Å². The number of hydrogen-bond donors (Lipinski definition) is 3. The molecule has 0 aliphatic rings. The first-order valence-corrected chi connectivity index (χ1v) is 6.68. The standard InChI is InChI=1S/C13H16N4OS/c1-8-5-11(19-9(8)2)7-16-13(18)12-6-10(17-14)3-4-15-12/h3-6H,7,14H2,1-2H3,(H,15,17)(H,16,18). The highest BCUT2D eigenvalue weighted by Crippen LogP contribution is 2.20. The van der Waals surface area contributed by atoms with Crippen molar-refractivity contribution < 1.29 is 4.79 Å². The number of nitrogen functional groups attached to an aromatic ring is 1. The number of hydrazine groups is 1. The number of hydrogen-bond acceptors (Lipinski definition) is 5. The van der Waals surface area contributed by atoms with Gasteiger partial charge in [-0.1, -0.05) is 0 Å². The molecule has 5 nitrogen and oxygen atoms in total. The number of anilines is 1. The van der Waals surface area contributed by atoms with Gasteiger partial charge in [0.25, 0.3) is 5.91 Å². The van der Waals surface area contributed by atoms with Gasteiger partial charge in [-0.3, -0.25) is 15.6 Å². The highest BCUT2D eigenvalue weighted by molar-refractivity contribution is 7.12. The zero-order valence-electron chi connectivity index (χ0n) is 10.9. The Morgan fingerprint density at radius 2 is 2.21 bits per heavy atom. The van der Waals surface area contributed by atoms with Gasteiger partial charge in [0.15, 0.2) is 0 Å². The van der Waals surface area contributed by atoms with Crippen molar-refractivity contribution in [3.63, 3.8) is 0 Å². The van der Waals surface area contributed by atoms with Crippen LogP contribution in [0.2, 0.25) is 0 Å². The third-order valence-corrected chi connectivity index (χ3v) is 3.95. The van der Waals surface area contributed by atoms with Crippen molar-refractivity contribution in [2.45, 2.75) is 20.4 Å². The molecule has 1 amide bonds. The van der Waals surface area contributed by atoms with E-state index in [1.165, 1.54) is 10.4 Å². The molecule has 0 saturated carbocycles. The predicted molar refractivity (Wildman–Crippen MR) is 77.0 cm³/mol. The Morgan fingerprint density at radius 1 is 1.42 bits per heavy atom. The Morgan fingerprint density at radius 3 is 2.84 bits per heavy atom. The van der Waals surface area contributed by atoms with E-state index in [4.69, 9.17) is 5.84 Å². The lowest BCUT2D eigenvalue weighted by Gasteiger charge is -2.04. The summed E-state index contributed by atoms with van der Waals surface area (Å²) in [5.74, 6) is 5.09. The number of aryl methyl sites for hydroxylation is 2. The van der Waals surface area contributed by atoms with E-state index in [-0.39, 0.29) is 5.91 Å². The molecule has 0 spiro atoms. The molecule has 6 heteroatoms. The van der Waals surface area contributed by atoms with E-state index in [2.05, 4.69) is 35.6 Å². The lowest BCUT2D eigenvalue weighted by molar-refractivity contribution is 0.0946. The highest BCUT2D eigenvalue weighted by atomic mass is 32.1. The van der Waals surface area contributed by atoms with Crippen LogP contribution in [0.25, 0.3) is 0 Å². The van der Waals surface area contributed by atoms with Crippen LogP contribution in [-0.2, 0) is 6.54 Å². The molecule has 2 heterocycles. The van der Waals surface area contributed by atoms with E-state index in [0.29, 0.717) is 17.9 Å². The van der Waals surface area contributed by atoms with Crippen LogP contribution < -0.4 is 16.6 Å². The third kappa shape index (κ3) is 3.30. The minimum absolute atomic E-state index is 0.208. The molecule has 0 saturated heterocycles. The second kappa shape index (κ2) is 5.81. The largest absolute Gasteiger partial charge is 0.346 e. The SMILES string of the molecule is Cc1cc(CNC(=O)c2cc(NN)ccn2)sc1C. The first-order valence-electron chi connectivity index (χ1n) is 5.87. The molecular formula is C13H16N4OS. The number of pyridine rings is 1. The molecule has 0 atom stereocenters. The maximum Gasteiger partial charge on any atom is 0.270 e. The summed E-state index contributed by atoms with van der Waals surface area (Å²) in [7, 11) is 0. The van der Waals surface area contributed by atoms with Crippen LogP contribution in [0.4, 0.5) is 5.69 Å². The number of nitrogens with one attached hydrogen (secondary N) is 2. The lowest BCUT2D eigenvalue weighted by atomic mass is 10.3.